The van der Waals surface area contributed by atoms with Crippen molar-refractivity contribution in [1.82, 2.24) is 9.80 Å². The lowest BCUT2D eigenvalue weighted by Gasteiger charge is -2.50. The Bertz CT molecular complexity index is 1420. The predicted molar refractivity (Wildman–Crippen MR) is 234 cm³/mol. The molecule has 4 aliphatic heterocycles. The highest BCUT2D eigenvalue weighted by atomic mass is 16.7. The summed E-state index contributed by atoms with van der Waals surface area (Å²) in [6.45, 7) is 13.5. The number of allylic oxidation sites excluding steroid dienone is 2. The lowest BCUT2D eigenvalue weighted by molar-refractivity contribution is -0.341. The average Bonchev–Trinajstić information content (AvgIpc) is 3.20. The summed E-state index contributed by atoms with van der Waals surface area (Å²) < 4.78 is 57.0. The van der Waals surface area contributed by atoms with Crippen molar-refractivity contribution in [3.8, 4) is 0 Å². The van der Waals surface area contributed by atoms with Gasteiger partial charge >= 0.3 is 5.97 Å². The number of ether oxygens (including phenoxy) is 9. The third-order valence-electron chi connectivity index (χ3n) is 13.7. The molecule has 4 heterocycles. The molecule has 15 nitrogen and oxygen atoms in total. The molecule has 0 radical (unpaired) electrons. The minimum Gasteiger partial charge on any atom is -0.462 e. The number of hydrogen-bond donors (Lipinski definition) is 2. The molecule has 4 aliphatic rings. The van der Waals surface area contributed by atoms with Crippen LogP contribution in [0.25, 0.3) is 0 Å². The van der Waals surface area contributed by atoms with Crippen molar-refractivity contribution < 1.29 is 62.4 Å². The van der Waals surface area contributed by atoms with Gasteiger partial charge < -0.3 is 67.4 Å². The van der Waals surface area contributed by atoms with Gasteiger partial charge in [-0.1, -0.05) is 38.2 Å². The minimum absolute atomic E-state index is 0.00709. The maximum atomic E-state index is 13.2. The number of likely N-dealkylation sites (N-methyl/N-ethyl adjacent to an activating group) is 2. The van der Waals surface area contributed by atoms with E-state index in [1.54, 1.807) is 21.1 Å². The summed E-state index contributed by atoms with van der Waals surface area (Å²) in [5, 5.41) is 23.0. The monoisotopic (exact) mass is 883 g/mol. The summed E-state index contributed by atoms with van der Waals surface area (Å²) in [7, 11) is 11.0. The lowest BCUT2D eigenvalue weighted by Crippen LogP contribution is -2.65. The van der Waals surface area contributed by atoms with E-state index in [0.29, 0.717) is 31.7 Å². The van der Waals surface area contributed by atoms with Gasteiger partial charge in [-0.25, -0.2) is 0 Å². The Labute approximate surface area is 372 Å². The molecule has 0 aliphatic carbocycles. The zero-order valence-corrected chi connectivity index (χ0v) is 39.9. The molecule has 3 fully saturated rings. The quantitative estimate of drug-likeness (QED) is 0.152. The molecular formula is C47H82N2O13. The molecule has 0 saturated carbocycles. The first-order valence-electron chi connectivity index (χ1n) is 23.0. The second-order valence-corrected chi connectivity index (χ2v) is 19.1. The number of aliphatic hydroxyl groups excluding tert-OH is 2. The van der Waals surface area contributed by atoms with Gasteiger partial charge in [-0.3, -0.25) is 4.79 Å². The fraction of sp³-hybridized carbons (Fsp3) is 0.872. The molecule has 358 valence electrons. The maximum absolute atomic E-state index is 13.2. The number of hydrogen-bond acceptors (Lipinski definition) is 15. The SMILES string of the molecule is CO[C@H]1C[C@H](O[C@@H]2OC(C)[C@@H](O[C@H]3CC(C)(OC)[C@@H](O)C(C)O3)C(N(C)C)C2O)[C@@H](CC=O)C[C@H](C)[C@@H](O[C@H]2CC[C@H](N(C)C)C(C)O2)/C=C/C/C=C/CC(C)OC(=O)CC1C. The normalized spacial score (nSPS) is 44.6. The molecule has 2 N–H and O–H groups in total. The molecule has 0 aromatic heterocycles. The summed E-state index contributed by atoms with van der Waals surface area (Å²) in [5.74, 6) is -1.01. The Kier molecular flexibility index (Phi) is 20.9. The topological polar surface area (TPSA) is 164 Å². The number of aliphatic hydroxyl groups is 2. The summed E-state index contributed by atoms with van der Waals surface area (Å²) in [6, 6.07) is -0.300. The summed E-state index contributed by atoms with van der Waals surface area (Å²) >= 11 is 0. The van der Waals surface area contributed by atoms with Crippen LogP contribution < -0.4 is 0 Å². The van der Waals surface area contributed by atoms with E-state index in [4.69, 9.17) is 42.6 Å². The fourth-order valence-corrected chi connectivity index (χ4v) is 9.78. The highest BCUT2D eigenvalue weighted by Crippen LogP contribution is 2.38. The largest absolute Gasteiger partial charge is 0.462 e. The van der Waals surface area contributed by atoms with Crippen LogP contribution in [0.1, 0.15) is 106 Å². The van der Waals surface area contributed by atoms with E-state index in [-0.39, 0.29) is 61.3 Å². The van der Waals surface area contributed by atoms with E-state index >= 15 is 0 Å². The Morgan fingerprint density at radius 2 is 1.53 bits per heavy atom. The van der Waals surface area contributed by atoms with Crippen molar-refractivity contribution >= 4 is 12.3 Å². The molecule has 0 aromatic carbocycles. The van der Waals surface area contributed by atoms with E-state index in [2.05, 4.69) is 51.1 Å². The van der Waals surface area contributed by atoms with Crippen molar-refractivity contribution in [3.05, 3.63) is 24.3 Å². The molecule has 0 spiro atoms. The number of methoxy groups -OCH3 is 2. The van der Waals surface area contributed by atoms with Crippen molar-refractivity contribution in [2.45, 2.75) is 204 Å². The van der Waals surface area contributed by atoms with Gasteiger partial charge in [-0.2, -0.15) is 0 Å². The average molecular weight is 883 g/mol. The highest BCUT2D eigenvalue weighted by molar-refractivity contribution is 5.69. The van der Waals surface area contributed by atoms with Gasteiger partial charge in [0.2, 0.25) is 0 Å². The van der Waals surface area contributed by atoms with E-state index < -0.39 is 73.2 Å². The van der Waals surface area contributed by atoms with E-state index in [9.17, 15) is 19.8 Å². The Hall–Kier alpha value is -1.86. The van der Waals surface area contributed by atoms with Crippen molar-refractivity contribution in [3.63, 3.8) is 0 Å². The van der Waals surface area contributed by atoms with Crippen LogP contribution in [-0.4, -0.2) is 172 Å². The second-order valence-electron chi connectivity index (χ2n) is 19.1. The molecule has 0 bridgehead atoms. The second kappa shape index (κ2) is 24.6. The molecule has 0 aromatic rings. The molecule has 15 heteroatoms. The number of cyclic esters (lactones) is 1. The zero-order valence-electron chi connectivity index (χ0n) is 39.9. The number of esters is 1. The molecule has 3 saturated heterocycles. The zero-order chi connectivity index (χ0) is 45.9. The summed E-state index contributed by atoms with van der Waals surface area (Å²) in [6.07, 6.45) is 5.73. The van der Waals surface area contributed by atoms with Gasteiger partial charge in [0.1, 0.15) is 30.7 Å². The van der Waals surface area contributed by atoms with Crippen molar-refractivity contribution in [2.24, 2.45) is 17.8 Å². The van der Waals surface area contributed by atoms with Gasteiger partial charge in [0.25, 0.3) is 0 Å². The van der Waals surface area contributed by atoms with Crippen LogP contribution >= 0.6 is 0 Å². The summed E-state index contributed by atoms with van der Waals surface area (Å²) in [4.78, 5) is 29.8. The van der Waals surface area contributed by atoms with Gasteiger partial charge in [0, 0.05) is 45.9 Å². The fourth-order valence-electron chi connectivity index (χ4n) is 9.78. The number of nitrogens with zero attached hydrogens (tertiary/aromatic N) is 2. The van der Waals surface area contributed by atoms with Crippen LogP contribution in [0, 0.1) is 17.8 Å². The van der Waals surface area contributed by atoms with Crippen molar-refractivity contribution in [2.75, 3.05) is 42.4 Å². The Morgan fingerprint density at radius 1 is 0.823 bits per heavy atom. The van der Waals surface area contributed by atoms with Gasteiger partial charge in [-0.15, -0.1) is 0 Å². The van der Waals surface area contributed by atoms with Crippen LogP contribution in [0.4, 0.5) is 0 Å². The predicted octanol–water partition coefficient (Wildman–Crippen LogP) is 5.03. The third kappa shape index (κ3) is 14.3. The lowest BCUT2D eigenvalue weighted by atomic mass is 9.82. The van der Waals surface area contributed by atoms with E-state index in [0.717, 1.165) is 19.1 Å². The Balaban J connectivity index is 1.66. The van der Waals surface area contributed by atoms with Crippen LogP contribution in [0.15, 0.2) is 24.3 Å². The van der Waals surface area contributed by atoms with Crippen LogP contribution in [0.3, 0.4) is 0 Å². The van der Waals surface area contributed by atoms with Crippen LogP contribution in [0.2, 0.25) is 0 Å². The van der Waals surface area contributed by atoms with E-state index in [1.807, 2.05) is 52.8 Å². The molecule has 62 heavy (non-hydrogen) atoms. The van der Waals surface area contributed by atoms with Gasteiger partial charge in [0.15, 0.2) is 18.9 Å². The molecular weight excluding hydrogens is 801 g/mol. The standard InChI is InChI=1S/C47H82N2O13/c1-28-24-34(22-23-50)38(61-46-43(52)42(49(10)11)44(32(5)59-46)62-41-27-47(7,55-13)45(53)33(6)58-41)26-37(54-12)29(2)25-39(51)56-30(3)18-16-14-15-17-19-36(28)60-40-21-20-35(48(8)9)31(4)57-40/h14,16-17,19,23,28-38,40-46,52-53H,15,18,20-22,24-27H2,1-13H3/b16-14+,19-17+/t28-,29?,30?,31?,32?,33?,34-,35-,36-,37-,38-,40-,41-,42?,43?,44+,45-,46-,47?/m0/s1. The van der Waals surface area contributed by atoms with Crippen LogP contribution in [-0.2, 0) is 52.2 Å². The smallest absolute Gasteiger partial charge is 0.306 e. The maximum Gasteiger partial charge on any atom is 0.306 e. The van der Waals surface area contributed by atoms with Gasteiger partial charge in [-0.05, 0) is 106 Å². The number of rotatable bonds is 12. The molecule has 4 rings (SSSR count). The third-order valence-corrected chi connectivity index (χ3v) is 13.7. The Morgan fingerprint density at radius 3 is 2.16 bits per heavy atom. The summed E-state index contributed by atoms with van der Waals surface area (Å²) in [5.41, 5.74) is -0.898. The number of carbonyl (C=O) groups is 2. The molecule has 0 amide bonds. The van der Waals surface area contributed by atoms with Gasteiger partial charge in [0.05, 0.1) is 54.7 Å². The number of carbonyl (C=O) groups excluding carboxylic acids is 2. The molecule has 8 unspecified atom stereocenters. The van der Waals surface area contributed by atoms with Crippen molar-refractivity contribution in [1.29, 1.82) is 0 Å². The first-order chi connectivity index (χ1) is 29.3. The first kappa shape index (κ1) is 52.8. The number of aldehydes is 1. The first-order valence-corrected chi connectivity index (χ1v) is 23.0. The molecule has 19 atom stereocenters. The van der Waals surface area contributed by atoms with Crippen LogP contribution in [0.5, 0.6) is 0 Å². The van der Waals surface area contributed by atoms with E-state index in [1.165, 1.54) is 0 Å². The minimum atomic E-state index is -1.19. The highest BCUT2D eigenvalue weighted by Gasteiger charge is 2.51.